The summed E-state index contributed by atoms with van der Waals surface area (Å²) in [5, 5.41) is 0. The predicted octanol–water partition coefficient (Wildman–Crippen LogP) is 3.16. The molecule has 5 fully saturated rings. The molecule has 6 atom stereocenters. The quantitative estimate of drug-likeness (QED) is 0.487. The zero-order valence-electron chi connectivity index (χ0n) is 18.7. The van der Waals surface area contributed by atoms with Crippen LogP contribution in [0.1, 0.15) is 28.8 Å². The molecule has 5 aliphatic carbocycles. The topological polar surface area (TPSA) is 48.9 Å². The Labute approximate surface area is 195 Å². The molecule has 166 valence electrons. The molecular weight excluding hydrogens is 422 g/mol. The second-order valence-corrected chi connectivity index (χ2v) is 10.9. The molecule has 10 rings (SSSR count). The van der Waals surface area contributed by atoms with Crippen LogP contribution in [0.2, 0.25) is 0 Å². The van der Waals surface area contributed by atoms with Gasteiger partial charge < -0.3 is 0 Å². The molecule has 0 saturated heterocycles. The molecule has 5 nitrogen and oxygen atoms in total. The molecule has 5 saturated carbocycles. The lowest BCUT2D eigenvalue weighted by molar-refractivity contribution is 0.0240. The smallest absolute Gasteiger partial charge is 0.246 e. The molecule has 3 aromatic carbocycles. The van der Waals surface area contributed by atoms with Gasteiger partial charge in [0, 0.05) is 29.2 Å². The Balaban J connectivity index is 1.44. The van der Waals surface area contributed by atoms with Crippen molar-refractivity contribution in [3.8, 4) is 0 Å². The summed E-state index contributed by atoms with van der Waals surface area (Å²) >= 11 is 0. The van der Waals surface area contributed by atoms with Gasteiger partial charge in [-0.15, -0.1) is 0 Å². The van der Waals surface area contributed by atoms with Crippen LogP contribution < -0.4 is 11.4 Å². The lowest BCUT2D eigenvalue weighted by atomic mass is 9.52. The SMILES string of the molecule is Cn1c(=O)n2n(c1=O)C1C3C2C2C1C1(c4ccccc4)C3(c3ccccc3)C21c1ccccc1. The van der Waals surface area contributed by atoms with Gasteiger partial charge in [-0.2, -0.15) is 0 Å². The van der Waals surface area contributed by atoms with E-state index in [4.69, 9.17) is 0 Å². The van der Waals surface area contributed by atoms with Crippen molar-refractivity contribution >= 4 is 0 Å². The molecule has 5 bridgehead atoms. The molecule has 0 radical (unpaired) electrons. The maximum atomic E-state index is 13.3. The summed E-state index contributed by atoms with van der Waals surface area (Å²) in [6, 6.07) is 33.1. The largest absolute Gasteiger partial charge is 0.347 e. The van der Waals surface area contributed by atoms with Crippen LogP contribution >= 0.6 is 0 Å². The Morgan fingerprint density at radius 1 is 0.529 bits per heavy atom. The Morgan fingerprint density at radius 3 is 1.21 bits per heavy atom. The highest BCUT2D eigenvalue weighted by molar-refractivity contribution is 5.79. The second-order valence-electron chi connectivity index (χ2n) is 10.9. The molecule has 2 heterocycles. The molecule has 6 unspecified atom stereocenters. The summed E-state index contributed by atoms with van der Waals surface area (Å²) in [4.78, 5) is 26.5. The molecule has 1 aliphatic heterocycles. The lowest BCUT2D eigenvalue weighted by Gasteiger charge is -2.53. The van der Waals surface area contributed by atoms with Crippen molar-refractivity contribution in [3.05, 3.63) is 129 Å². The van der Waals surface area contributed by atoms with Gasteiger partial charge in [0.05, 0.1) is 12.1 Å². The van der Waals surface area contributed by atoms with Crippen LogP contribution in [0.15, 0.2) is 101 Å². The second kappa shape index (κ2) is 5.07. The van der Waals surface area contributed by atoms with Gasteiger partial charge in [-0.05, 0) is 28.5 Å². The first-order valence-electron chi connectivity index (χ1n) is 12.2. The molecular formula is C29H23N3O2. The van der Waals surface area contributed by atoms with Crippen molar-refractivity contribution in [1.82, 2.24) is 13.9 Å². The van der Waals surface area contributed by atoms with Gasteiger partial charge in [0.2, 0.25) is 0 Å². The van der Waals surface area contributed by atoms with E-state index in [1.54, 1.807) is 7.05 Å². The number of nitrogens with zero attached hydrogens (tertiary/aromatic N) is 3. The monoisotopic (exact) mass is 445 g/mol. The number of benzene rings is 3. The normalized spacial score (nSPS) is 40.8. The third kappa shape index (κ3) is 1.27. The first-order valence-corrected chi connectivity index (χ1v) is 12.2. The van der Waals surface area contributed by atoms with Gasteiger partial charge in [0.15, 0.2) is 0 Å². The summed E-state index contributed by atoms with van der Waals surface area (Å²) in [5.74, 6) is 0.946. The number of hydrogen-bond acceptors (Lipinski definition) is 2. The zero-order chi connectivity index (χ0) is 22.6. The van der Waals surface area contributed by atoms with Gasteiger partial charge in [-0.25, -0.2) is 23.5 Å². The first-order chi connectivity index (χ1) is 16.7. The maximum Gasteiger partial charge on any atom is 0.347 e. The van der Waals surface area contributed by atoms with E-state index in [0.717, 1.165) is 0 Å². The Kier molecular flexibility index (Phi) is 2.66. The van der Waals surface area contributed by atoms with Gasteiger partial charge in [0.25, 0.3) is 0 Å². The van der Waals surface area contributed by atoms with Crippen molar-refractivity contribution in [2.24, 2.45) is 24.8 Å². The van der Waals surface area contributed by atoms with E-state index in [-0.39, 0.29) is 45.6 Å². The Morgan fingerprint density at radius 2 is 0.853 bits per heavy atom. The van der Waals surface area contributed by atoms with Crippen molar-refractivity contribution in [2.45, 2.75) is 28.3 Å². The van der Waals surface area contributed by atoms with Gasteiger partial charge in [-0.1, -0.05) is 91.0 Å². The van der Waals surface area contributed by atoms with Gasteiger partial charge in [-0.3, -0.25) is 0 Å². The predicted molar refractivity (Wildman–Crippen MR) is 127 cm³/mol. The van der Waals surface area contributed by atoms with Crippen LogP contribution in [0.3, 0.4) is 0 Å². The summed E-state index contributed by atoms with van der Waals surface area (Å²) in [6.45, 7) is 0. The molecule has 0 amide bonds. The minimum absolute atomic E-state index is 0.0585. The van der Waals surface area contributed by atoms with Crippen LogP contribution in [0.4, 0.5) is 0 Å². The van der Waals surface area contributed by atoms with Crippen molar-refractivity contribution in [3.63, 3.8) is 0 Å². The van der Waals surface area contributed by atoms with E-state index < -0.39 is 0 Å². The third-order valence-corrected chi connectivity index (χ3v) is 10.6. The Bertz CT molecular complexity index is 1550. The fourth-order valence-electron chi connectivity index (χ4n) is 10.5. The maximum absolute atomic E-state index is 13.3. The molecule has 4 aromatic rings. The van der Waals surface area contributed by atoms with Gasteiger partial charge >= 0.3 is 11.4 Å². The molecule has 5 heteroatoms. The highest BCUT2D eigenvalue weighted by Crippen LogP contribution is 3.07. The summed E-state index contributed by atoms with van der Waals surface area (Å²) in [5.41, 5.74) is 3.56. The van der Waals surface area contributed by atoms with Crippen LogP contribution in [0.25, 0.3) is 0 Å². The highest BCUT2D eigenvalue weighted by Gasteiger charge is 3.12. The average Bonchev–Trinajstić information content (AvgIpc) is 3.36. The van der Waals surface area contributed by atoms with E-state index in [1.165, 1.54) is 21.3 Å². The number of hydrogen-bond donors (Lipinski definition) is 0. The standard InChI is InChI=1S/C29H23N3O2/c1-30-25(33)31-23-20-21-24(32(31)26(30)34)22(23)29(19-15-9-4-10-16-19)27(20,17-11-5-2-6-12-17)28(21,29)18-13-7-3-8-14-18/h2-16,20-24H,1H3. The summed E-state index contributed by atoms with van der Waals surface area (Å²) < 4.78 is 4.99. The van der Waals surface area contributed by atoms with E-state index in [9.17, 15) is 9.59 Å². The highest BCUT2D eigenvalue weighted by atomic mass is 16.2. The molecule has 6 aliphatic rings. The van der Waals surface area contributed by atoms with Crippen molar-refractivity contribution < 1.29 is 0 Å². The number of rotatable bonds is 3. The fourth-order valence-corrected chi connectivity index (χ4v) is 10.5. The molecule has 1 aromatic heterocycles. The first kappa shape index (κ1) is 17.8. The fraction of sp³-hybridized carbons (Fsp3) is 0.310. The van der Waals surface area contributed by atoms with Crippen LogP contribution in [-0.2, 0) is 23.3 Å². The van der Waals surface area contributed by atoms with Crippen LogP contribution in [0.5, 0.6) is 0 Å². The zero-order valence-corrected chi connectivity index (χ0v) is 18.7. The van der Waals surface area contributed by atoms with Crippen molar-refractivity contribution in [2.75, 3.05) is 0 Å². The van der Waals surface area contributed by atoms with E-state index in [0.29, 0.717) is 11.8 Å². The molecule has 0 N–H and O–H groups in total. The minimum atomic E-state index is -0.161. The number of fused-ring (bicyclic) bond motifs is 1. The Hall–Kier alpha value is -3.60. The van der Waals surface area contributed by atoms with Crippen LogP contribution in [0, 0.1) is 17.8 Å². The number of aromatic nitrogens is 3. The summed E-state index contributed by atoms with van der Waals surface area (Å²) in [7, 11) is 1.62. The third-order valence-electron chi connectivity index (χ3n) is 10.6. The van der Waals surface area contributed by atoms with E-state index in [1.807, 2.05) is 9.36 Å². The molecule has 34 heavy (non-hydrogen) atoms. The lowest BCUT2D eigenvalue weighted by Crippen LogP contribution is -2.57. The molecule has 0 spiro atoms. The average molecular weight is 446 g/mol. The van der Waals surface area contributed by atoms with Gasteiger partial charge in [0.1, 0.15) is 0 Å². The minimum Gasteiger partial charge on any atom is -0.246 e. The van der Waals surface area contributed by atoms with E-state index >= 15 is 0 Å². The van der Waals surface area contributed by atoms with E-state index in [2.05, 4.69) is 91.0 Å². The van der Waals surface area contributed by atoms with Crippen molar-refractivity contribution in [1.29, 1.82) is 0 Å². The van der Waals surface area contributed by atoms with Crippen LogP contribution in [-0.4, -0.2) is 13.9 Å². The summed E-state index contributed by atoms with van der Waals surface area (Å²) in [6.07, 6.45) is 0.